The third-order valence-corrected chi connectivity index (χ3v) is 6.25. The van der Waals surface area contributed by atoms with Crippen molar-refractivity contribution in [2.75, 3.05) is 0 Å². The molecular weight excluding hydrogens is 278 g/mol. The van der Waals surface area contributed by atoms with Crippen molar-refractivity contribution >= 4 is 0 Å². The van der Waals surface area contributed by atoms with Crippen LogP contribution in [0.5, 0.6) is 0 Å². The average Bonchev–Trinajstić information content (AvgIpc) is 2.57. The Balaban J connectivity index is 1.99. The van der Waals surface area contributed by atoms with Crippen molar-refractivity contribution in [2.24, 2.45) is 7.05 Å². The molecule has 0 saturated heterocycles. The van der Waals surface area contributed by atoms with Crippen LogP contribution in [0.4, 0.5) is 0 Å². The van der Waals surface area contributed by atoms with Crippen molar-refractivity contribution in [3.63, 3.8) is 0 Å². The molecule has 1 aromatic heterocycles. The standard InChI is InChI=1S/C22H28N/c1-17-9-4-5-11-19(17)21-20-18(12-16-23(21)2)10-8-15-22(20)13-6-3-7-14-22/h4-5,9,11-12,16H,3,6-8,10,13-15H2,1-2H3/q+1. The van der Waals surface area contributed by atoms with Gasteiger partial charge in [0.1, 0.15) is 7.05 Å². The van der Waals surface area contributed by atoms with Crippen LogP contribution in [0.2, 0.25) is 0 Å². The lowest BCUT2D eigenvalue weighted by Gasteiger charge is -2.42. The lowest BCUT2D eigenvalue weighted by Crippen LogP contribution is -2.41. The minimum absolute atomic E-state index is 0.447. The summed E-state index contributed by atoms with van der Waals surface area (Å²) in [5.74, 6) is 0. The number of fused-ring (bicyclic) bond motifs is 2. The summed E-state index contributed by atoms with van der Waals surface area (Å²) in [6, 6.07) is 11.3. The van der Waals surface area contributed by atoms with Crippen LogP contribution >= 0.6 is 0 Å². The minimum Gasteiger partial charge on any atom is -0.201 e. The van der Waals surface area contributed by atoms with Gasteiger partial charge in [0.05, 0.1) is 0 Å². The molecule has 0 bridgehead atoms. The first-order valence-corrected chi connectivity index (χ1v) is 9.29. The summed E-state index contributed by atoms with van der Waals surface area (Å²) in [6.07, 6.45) is 13.3. The number of benzene rings is 1. The van der Waals surface area contributed by atoms with Crippen LogP contribution in [0, 0.1) is 6.92 Å². The molecule has 1 fully saturated rings. The fraction of sp³-hybridized carbons (Fsp3) is 0.500. The highest BCUT2D eigenvalue weighted by molar-refractivity contribution is 5.67. The first-order chi connectivity index (χ1) is 11.2. The largest absolute Gasteiger partial charge is 0.216 e. The number of pyridine rings is 1. The molecule has 2 aliphatic rings. The van der Waals surface area contributed by atoms with Gasteiger partial charge in [-0.15, -0.1) is 0 Å². The molecule has 1 saturated carbocycles. The first kappa shape index (κ1) is 14.9. The van der Waals surface area contributed by atoms with Gasteiger partial charge < -0.3 is 0 Å². The average molecular weight is 306 g/mol. The van der Waals surface area contributed by atoms with Gasteiger partial charge in [-0.3, -0.25) is 0 Å². The van der Waals surface area contributed by atoms with Gasteiger partial charge in [-0.05, 0) is 56.2 Å². The van der Waals surface area contributed by atoms with Gasteiger partial charge in [0, 0.05) is 22.6 Å². The topological polar surface area (TPSA) is 3.88 Å². The van der Waals surface area contributed by atoms with E-state index in [2.05, 4.69) is 55.1 Å². The van der Waals surface area contributed by atoms with Crippen molar-refractivity contribution in [3.8, 4) is 11.3 Å². The molecule has 0 atom stereocenters. The van der Waals surface area contributed by atoms with Gasteiger partial charge in [-0.25, -0.2) is 4.57 Å². The van der Waals surface area contributed by atoms with E-state index in [-0.39, 0.29) is 0 Å². The number of aryl methyl sites for hydroxylation is 3. The van der Waals surface area contributed by atoms with E-state index in [1.54, 1.807) is 11.1 Å². The van der Waals surface area contributed by atoms with E-state index in [0.717, 1.165) is 0 Å². The van der Waals surface area contributed by atoms with Crippen LogP contribution < -0.4 is 4.57 Å². The first-order valence-electron chi connectivity index (χ1n) is 9.29. The quantitative estimate of drug-likeness (QED) is 0.651. The summed E-state index contributed by atoms with van der Waals surface area (Å²) < 4.78 is 2.38. The van der Waals surface area contributed by atoms with E-state index in [4.69, 9.17) is 0 Å². The number of hydrogen-bond donors (Lipinski definition) is 0. The van der Waals surface area contributed by atoms with Gasteiger partial charge in [-0.2, -0.15) is 0 Å². The second kappa shape index (κ2) is 5.78. The summed E-state index contributed by atoms with van der Waals surface area (Å²) in [5.41, 5.74) is 8.08. The van der Waals surface area contributed by atoms with Gasteiger partial charge >= 0.3 is 0 Å². The van der Waals surface area contributed by atoms with E-state index in [1.165, 1.54) is 68.2 Å². The van der Waals surface area contributed by atoms with Gasteiger partial charge in [0.15, 0.2) is 6.20 Å². The lowest BCUT2D eigenvalue weighted by molar-refractivity contribution is -0.661. The van der Waals surface area contributed by atoms with Crippen LogP contribution in [0.1, 0.15) is 61.6 Å². The summed E-state index contributed by atoms with van der Waals surface area (Å²) in [6.45, 7) is 2.26. The second-order valence-electron chi connectivity index (χ2n) is 7.68. The van der Waals surface area contributed by atoms with Crippen molar-refractivity contribution in [1.29, 1.82) is 0 Å². The Hall–Kier alpha value is -1.63. The van der Waals surface area contributed by atoms with E-state index in [0.29, 0.717) is 5.41 Å². The zero-order valence-corrected chi connectivity index (χ0v) is 14.6. The van der Waals surface area contributed by atoms with Crippen LogP contribution in [-0.4, -0.2) is 0 Å². The Morgan fingerprint density at radius 3 is 2.43 bits per heavy atom. The molecule has 2 aromatic rings. The molecule has 1 heterocycles. The maximum Gasteiger partial charge on any atom is 0.216 e. The Morgan fingerprint density at radius 1 is 0.913 bits per heavy atom. The van der Waals surface area contributed by atoms with E-state index < -0.39 is 0 Å². The molecule has 1 nitrogen and oxygen atoms in total. The maximum absolute atomic E-state index is 2.40. The molecule has 0 aliphatic heterocycles. The summed E-state index contributed by atoms with van der Waals surface area (Å²) in [5, 5.41) is 0. The molecule has 120 valence electrons. The zero-order chi connectivity index (χ0) is 15.9. The molecule has 1 aromatic carbocycles. The third-order valence-electron chi connectivity index (χ3n) is 6.25. The molecule has 4 rings (SSSR count). The van der Waals surface area contributed by atoms with Crippen LogP contribution in [0.15, 0.2) is 36.5 Å². The van der Waals surface area contributed by atoms with Gasteiger partial charge in [0.25, 0.3) is 0 Å². The third kappa shape index (κ3) is 2.41. The predicted octanol–water partition coefficient (Wildman–Crippen LogP) is 5.02. The van der Waals surface area contributed by atoms with Crippen molar-refractivity contribution in [1.82, 2.24) is 0 Å². The Morgan fingerprint density at radius 2 is 1.65 bits per heavy atom. The Kier molecular flexibility index (Phi) is 3.75. The van der Waals surface area contributed by atoms with E-state index in [1.807, 2.05) is 0 Å². The zero-order valence-electron chi connectivity index (χ0n) is 14.6. The molecule has 0 N–H and O–H groups in total. The molecule has 0 unspecified atom stereocenters. The molecule has 23 heavy (non-hydrogen) atoms. The normalized spacial score (nSPS) is 19.6. The fourth-order valence-electron chi connectivity index (χ4n) is 5.12. The maximum atomic E-state index is 2.40. The van der Waals surface area contributed by atoms with Gasteiger partial charge in [-0.1, -0.05) is 37.5 Å². The number of aromatic nitrogens is 1. The van der Waals surface area contributed by atoms with Crippen molar-refractivity contribution < 1.29 is 4.57 Å². The SMILES string of the molecule is Cc1ccccc1-c1c2c(cc[n+]1C)CCCC21CCCCC1. The van der Waals surface area contributed by atoms with Crippen LogP contribution in [0.25, 0.3) is 11.3 Å². The molecule has 2 aliphatic carbocycles. The predicted molar refractivity (Wildman–Crippen MR) is 95.5 cm³/mol. The van der Waals surface area contributed by atoms with Crippen LogP contribution in [0.3, 0.4) is 0 Å². The molecule has 1 heteroatoms. The summed E-state index contributed by atoms with van der Waals surface area (Å²) >= 11 is 0. The molecule has 0 amide bonds. The highest BCUT2D eigenvalue weighted by atomic mass is 14.9. The van der Waals surface area contributed by atoms with E-state index >= 15 is 0 Å². The smallest absolute Gasteiger partial charge is 0.201 e. The highest BCUT2D eigenvalue weighted by Gasteiger charge is 2.42. The van der Waals surface area contributed by atoms with Crippen LogP contribution in [-0.2, 0) is 18.9 Å². The molecule has 1 spiro atoms. The summed E-state index contributed by atoms with van der Waals surface area (Å²) in [4.78, 5) is 0. The van der Waals surface area contributed by atoms with Crippen molar-refractivity contribution in [2.45, 2.75) is 63.7 Å². The number of rotatable bonds is 1. The van der Waals surface area contributed by atoms with Crippen molar-refractivity contribution in [3.05, 3.63) is 53.2 Å². The monoisotopic (exact) mass is 306 g/mol. The minimum atomic E-state index is 0.447. The lowest BCUT2D eigenvalue weighted by atomic mass is 9.61. The Bertz CT molecular complexity index is 723. The number of nitrogens with zero attached hydrogens (tertiary/aromatic N) is 1. The highest BCUT2D eigenvalue weighted by Crippen LogP contribution is 2.50. The second-order valence-corrected chi connectivity index (χ2v) is 7.68. The van der Waals surface area contributed by atoms with Gasteiger partial charge in [0.2, 0.25) is 5.69 Å². The fourth-order valence-corrected chi connectivity index (χ4v) is 5.12. The number of hydrogen-bond acceptors (Lipinski definition) is 0. The Labute approximate surface area is 140 Å². The molecule has 0 radical (unpaired) electrons. The van der Waals surface area contributed by atoms with E-state index in [9.17, 15) is 0 Å². The summed E-state index contributed by atoms with van der Waals surface area (Å²) in [7, 11) is 2.23. The molecular formula is C22H28N+.